The summed E-state index contributed by atoms with van der Waals surface area (Å²) in [6.07, 6.45) is 5.36. The third kappa shape index (κ3) is 2.34. The molecule has 0 unspecified atom stereocenters. The molecule has 1 aromatic carbocycles. The number of rotatable bonds is 0. The molecule has 1 N–H and O–H groups in total. The van der Waals surface area contributed by atoms with Crippen molar-refractivity contribution < 1.29 is 11.0 Å². The monoisotopic (exact) mass is 232 g/mol. The van der Waals surface area contributed by atoms with Gasteiger partial charge in [0.15, 0.2) is 0 Å². The number of urea groups is 1. The van der Waals surface area contributed by atoms with Crippen LogP contribution in [0, 0.1) is 12.3 Å². The highest BCUT2D eigenvalue weighted by Crippen LogP contribution is 2.24. The Balaban J connectivity index is 0.00000162. The van der Waals surface area contributed by atoms with Gasteiger partial charge in [-0.2, -0.15) is 0 Å². The van der Waals surface area contributed by atoms with Crippen molar-refractivity contribution in [1.29, 1.82) is 0 Å². The van der Waals surface area contributed by atoms with E-state index in [1.165, 1.54) is 0 Å². The van der Waals surface area contributed by atoms with Crippen molar-refractivity contribution in [2.75, 3.05) is 20.2 Å². The third-order valence-electron chi connectivity index (χ3n) is 2.71. The van der Waals surface area contributed by atoms with Crippen molar-refractivity contribution in [3.63, 3.8) is 0 Å². The van der Waals surface area contributed by atoms with E-state index in [0.717, 1.165) is 16.9 Å². The van der Waals surface area contributed by atoms with E-state index in [9.17, 15) is 4.79 Å². The molecular formula is C13H16N2O2. The van der Waals surface area contributed by atoms with E-state index >= 15 is 0 Å². The Morgan fingerprint density at radius 1 is 1.65 bits per heavy atom. The van der Waals surface area contributed by atoms with Crippen molar-refractivity contribution in [2.24, 2.45) is 0 Å². The van der Waals surface area contributed by atoms with E-state index in [1.807, 2.05) is 18.2 Å². The summed E-state index contributed by atoms with van der Waals surface area (Å²) in [7, 11) is 1.62. The van der Waals surface area contributed by atoms with Gasteiger partial charge in [-0.3, -0.25) is 0 Å². The molecule has 90 valence electrons. The Bertz CT molecular complexity index is 482. The fourth-order valence-electron chi connectivity index (χ4n) is 1.82. The first-order valence-electron chi connectivity index (χ1n) is 5.43. The Morgan fingerprint density at radius 2 is 2.47 bits per heavy atom. The maximum atomic E-state index is 11.6. The van der Waals surface area contributed by atoms with Crippen molar-refractivity contribution in [2.45, 2.75) is 6.54 Å². The molecule has 17 heavy (non-hydrogen) atoms. The van der Waals surface area contributed by atoms with Crippen LogP contribution in [-0.2, 0) is 6.54 Å². The SMILES string of the molecule is C#Cc1ccc2c(c1)CN(C(=O)NC)CCO2.[HH]. The van der Waals surface area contributed by atoms with Gasteiger partial charge in [0.2, 0.25) is 0 Å². The second-order valence-electron chi connectivity index (χ2n) is 3.79. The van der Waals surface area contributed by atoms with Crippen LogP contribution in [0.2, 0.25) is 0 Å². The number of hydrogen-bond acceptors (Lipinski definition) is 2. The predicted molar refractivity (Wildman–Crippen MR) is 66.9 cm³/mol. The molecule has 0 saturated heterocycles. The Labute approximate surface area is 102 Å². The minimum Gasteiger partial charge on any atom is -0.491 e. The summed E-state index contributed by atoms with van der Waals surface area (Å²) in [5.41, 5.74) is 1.74. The summed E-state index contributed by atoms with van der Waals surface area (Å²) < 4.78 is 5.58. The minimum atomic E-state index is -0.104. The van der Waals surface area contributed by atoms with E-state index in [-0.39, 0.29) is 7.46 Å². The van der Waals surface area contributed by atoms with E-state index in [2.05, 4.69) is 11.2 Å². The molecule has 0 aliphatic carbocycles. The highest BCUT2D eigenvalue weighted by Gasteiger charge is 2.18. The number of nitrogens with one attached hydrogen (secondary N) is 1. The van der Waals surface area contributed by atoms with Gasteiger partial charge in [0.25, 0.3) is 0 Å². The van der Waals surface area contributed by atoms with Crippen molar-refractivity contribution in [1.82, 2.24) is 10.2 Å². The molecule has 1 heterocycles. The minimum absolute atomic E-state index is 0. The van der Waals surface area contributed by atoms with Crippen LogP contribution in [0.25, 0.3) is 0 Å². The van der Waals surface area contributed by atoms with Crippen LogP contribution < -0.4 is 10.1 Å². The van der Waals surface area contributed by atoms with Crippen LogP contribution in [0.1, 0.15) is 12.6 Å². The molecule has 1 aliphatic rings. The van der Waals surface area contributed by atoms with Gasteiger partial charge in [-0.15, -0.1) is 6.42 Å². The molecule has 2 amide bonds. The van der Waals surface area contributed by atoms with E-state index in [1.54, 1.807) is 11.9 Å². The van der Waals surface area contributed by atoms with E-state index in [4.69, 9.17) is 11.2 Å². The number of terminal acetylenes is 1. The largest absolute Gasteiger partial charge is 0.491 e. The standard InChI is InChI=1S/C13H14N2O2.H2/c1-3-10-4-5-12-11(8-10)9-15(6-7-17-12)13(16)14-2;/h1,4-5,8H,6-7,9H2,2H3,(H,14,16);1H. The van der Waals surface area contributed by atoms with Crippen LogP contribution in [-0.4, -0.2) is 31.1 Å². The number of nitrogens with zero attached hydrogens (tertiary/aromatic N) is 1. The average molecular weight is 232 g/mol. The Kier molecular flexibility index (Phi) is 3.20. The molecule has 0 aromatic heterocycles. The fourth-order valence-corrected chi connectivity index (χ4v) is 1.82. The highest BCUT2D eigenvalue weighted by atomic mass is 16.5. The molecule has 1 aliphatic heterocycles. The van der Waals surface area contributed by atoms with Crippen molar-refractivity contribution in [3.05, 3.63) is 29.3 Å². The second kappa shape index (κ2) is 4.79. The lowest BCUT2D eigenvalue weighted by Crippen LogP contribution is -2.38. The van der Waals surface area contributed by atoms with Crippen LogP contribution in [0.3, 0.4) is 0 Å². The van der Waals surface area contributed by atoms with E-state index in [0.29, 0.717) is 19.7 Å². The van der Waals surface area contributed by atoms with Crippen molar-refractivity contribution >= 4 is 6.03 Å². The van der Waals surface area contributed by atoms with Crippen LogP contribution in [0.5, 0.6) is 5.75 Å². The Morgan fingerprint density at radius 3 is 3.18 bits per heavy atom. The normalized spacial score (nSPS) is 14.0. The zero-order valence-corrected chi connectivity index (χ0v) is 9.69. The van der Waals surface area contributed by atoms with Gasteiger partial charge >= 0.3 is 6.03 Å². The van der Waals surface area contributed by atoms with Crippen LogP contribution in [0.15, 0.2) is 18.2 Å². The summed E-state index contributed by atoms with van der Waals surface area (Å²) in [5.74, 6) is 3.38. The van der Waals surface area contributed by atoms with Crippen molar-refractivity contribution in [3.8, 4) is 18.1 Å². The lowest BCUT2D eigenvalue weighted by molar-refractivity contribution is 0.190. The van der Waals surface area contributed by atoms with Gasteiger partial charge in [0, 0.05) is 19.6 Å². The van der Waals surface area contributed by atoms with Gasteiger partial charge in [-0.1, -0.05) is 5.92 Å². The third-order valence-corrected chi connectivity index (χ3v) is 2.71. The van der Waals surface area contributed by atoms with Gasteiger partial charge in [-0.05, 0) is 18.2 Å². The molecule has 0 atom stereocenters. The molecule has 4 heteroatoms. The number of hydrogen-bond donors (Lipinski definition) is 1. The van der Waals surface area contributed by atoms with Gasteiger partial charge < -0.3 is 15.0 Å². The summed E-state index contributed by atoms with van der Waals surface area (Å²) in [6.45, 7) is 1.58. The molecule has 0 bridgehead atoms. The molecule has 2 rings (SSSR count). The quantitative estimate of drug-likeness (QED) is 0.688. The number of amides is 2. The maximum Gasteiger partial charge on any atom is 0.317 e. The number of ether oxygens (including phenoxy) is 1. The van der Waals surface area contributed by atoms with Gasteiger partial charge in [0.1, 0.15) is 12.4 Å². The van der Waals surface area contributed by atoms with Crippen LogP contribution >= 0.6 is 0 Å². The summed E-state index contributed by atoms with van der Waals surface area (Å²) in [6, 6.07) is 5.48. The molecule has 1 aromatic rings. The lowest BCUT2D eigenvalue weighted by atomic mass is 10.1. The first-order chi connectivity index (χ1) is 8.24. The number of carbonyl (C=O) groups is 1. The number of benzene rings is 1. The molecule has 0 saturated carbocycles. The summed E-state index contributed by atoms with van der Waals surface area (Å²) in [5, 5.41) is 2.61. The first kappa shape index (κ1) is 11.3. The molecule has 0 spiro atoms. The average Bonchev–Trinajstić information content (AvgIpc) is 2.58. The Hall–Kier alpha value is -2.15. The van der Waals surface area contributed by atoms with Crippen LogP contribution in [0.4, 0.5) is 4.79 Å². The molecule has 0 fully saturated rings. The zero-order chi connectivity index (χ0) is 12.3. The van der Waals surface area contributed by atoms with E-state index < -0.39 is 0 Å². The van der Waals surface area contributed by atoms with Gasteiger partial charge in [-0.25, -0.2) is 4.79 Å². The maximum absolute atomic E-state index is 11.6. The van der Waals surface area contributed by atoms with Gasteiger partial charge in [0.05, 0.1) is 13.1 Å². The first-order valence-corrected chi connectivity index (χ1v) is 5.43. The molecule has 4 nitrogen and oxygen atoms in total. The molecule has 0 radical (unpaired) electrons. The fraction of sp³-hybridized carbons (Fsp3) is 0.308. The summed E-state index contributed by atoms with van der Waals surface area (Å²) >= 11 is 0. The molecular weight excluding hydrogens is 216 g/mol. The lowest BCUT2D eigenvalue weighted by Gasteiger charge is -2.18. The highest BCUT2D eigenvalue weighted by molar-refractivity contribution is 5.74. The smallest absolute Gasteiger partial charge is 0.317 e. The zero-order valence-electron chi connectivity index (χ0n) is 9.69. The summed E-state index contributed by atoms with van der Waals surface area (Å²) in [4.78, 5) is 13.3. The topological polar surface area (TPSA) is 41.6 Å². The second-order valence-corrected chi connectivity index (χ2v) is 3.79. The number of fused-ring (bicyclic) bond motifs is 1. The predicted octanol–water partition coefficient (Wildman–Crippen LogP) is 1.45. The number of carbonyl (C=O) groups excluding carboxylic acids is 1.